The number of nitro benzene ring substituents is 1. The van der Waals surface area contributed by atoms with Gasteiger partial charge in [-0.05, 0) is 35.4 Å². The lowest BCUT2D eigenvalue weighted by atomic mass is 10.2. The lowest BCUT2D eigenvalue weighted by Crippen LogP contribution is -2.00. The SMILES string of the molecule is O=[N+]([O-])c1ccc(CO)cc1OCc1ccc(Cl)cc1. The minimum Gasteiger partial charge on any atom is -0.482 e. The molecule has 5 nitrogen and oxygen atoms in total. The Bertz CT molecular complexity index is 613. The Morgan fingerprint density at radius 3 is 2.40 bits per heavy atom. The fourth-order valence-electron chi connectivity index (χ4n) is 1.67. The van der Waals surface area contributed by atoms with Crippen LogP contribution in [-0.2, 0) is 13.2 Å². The Kier molecular flexibility index (Phi) is 4.55. The molecule has 0 aliphatic heterocycles. The standard InChI is InChI=1S/C14H12ClNO4/c15-12-4-1-10(2-5-12)9-20-14-7-11(8-17)3-6-13(14)16(18)19/h1-7,17H,8-9H2. The third-order valence-corrected chi connectivity index (χ3v) is 2.96. The van der Waals surface area contributed by atoms with Gasteiger partial charge in [0, 0.05) is 11.1 Å². The number of aliphatic hydroxyl groups is 1. The van der Waals surface area contributed by atoms with Gasteiger partial charge in [-0.3, -0.25) is 10.1 Å². The number of aliphatic hydroxyl groups excluding tert-OH is 1. The second-order valence-corrected chi connectivity index (χ2v) is 4.57. The number of benzene rings is 2. The predicted octanol–water partition coefficient (Wildman–Crippen LogP) is 3.32. The molecule has 0 aliphatic carbocycles. The third-order valence-electron chi connectivity index (χ3n) is 2.71. The maximum Gasteiger partial charge on any atom is 0.310 e. The van der Waals surface area contributed by atoms with Crippen molar-refractivity contribution in [2.24, 2.45) is 0 Å². The van der Waals surface area contributed by atoms with Crippen molar-refractivity contribution >= 4 is 17.3 Å². The first-order chi connectivity index (χ1) is 9.60. The van der Waals surface area contributed by atoms with Gasteiger partial charge in [-0.15, -0.1) is 0 Å². The molecule has 104 valence electrons. The fraction of sp³-hybridized carbons (Fsp3) is 0.143. The number of nitrogens with zero attached hydrogens (tertiary/aromatic N) is 1. The van der Waals surface area contributed by atoms with Gasteiger partial charge >= 0.3 is 5.69 Å². The summed E-state index contributed by atoms with van der Waals surface area (Å²) in [6.45, 7) is -0.0117. The van der Waals surface area contributed by atoms with Gasteiger partial charge in [-0.2, -0.15) is 0 Å². The Labute approximate surface area is 120 Å². The van der Waals surface area contributed by atoms with E-state index in [1.54, 1.807) is 24.3 Å². The van der Waals surface area contributed by atoms with Crippen LogP contribution < -0.4 is 4.74 Å². The number of hydrogen-bond acceptors (Lipinski definition) is 4. The maximum atomic E-state index is 10.9. The summed E-state index contributed by atoms with van der Waals surface area (Å²) in [5.74, 6) is 0.136. The monoisotopic (exact) mass is 293 g/mol. The molecule has 0 bridgehead atoms. The van der Waals surface area contributed by atoms with E-state index in [0.717, 1.165) is 5.56 Å². The molecule has 0 fully saturated rings. The quantitative estimate of drug-likeness (QED) is 0.678. The van der Waals surface area contributed by atoms with E-state index in [-0.39, 0.29) is 24.7 Å². The van der Waals surface area contributed by atoms with Crippen molar-refractivity contribution in [1.29, 1.82) is 0 Å². The first kappa shape index (κ1) is 14.3. The third kappa shape index (κ3) is 3.46. The first-order valence-electron chi connectivity index (χ1n) is 5.85. The normalized spacial score (nSPS) is 10.3. The van der Waals surface area contributed by atoms with Crippen LogP contribution in [0.1, 0.15) is 11.1 Å². The molecule has 2 aromatic carbocycles. The van der Waals surface area contributed by atoms with Crippen LogP contribution in [0.5, 0.6) is 5.75 Å². The molecule has 2 rings (SSSR count). The molecule has 0 radical (unpaired) electrons. The molecule has 0 amide bonds. The predicted molar refractivity (Wildman–Crippen MR) is 74.8 cm³/mol. The van der Waals surface area contributed by atoms with E-state index in [9.17, 15) is 10.1 Å². The highest BCUT2D eigenvalue weighted by Gasteiger charge is 2.15. The minimum absolute atomic E-state index is 0.129. The summed E-state index contributed by atoms with van der Waals surface area (Å²) in [4.78, 5) is 10.4. The van der Waals surface area contributed by atoms with Crippen molar-refractivity contribution in [3.05, 3.63) is 68.7 Å². The number of ether oxygens (including phenoxy) is 1. The molecule has 0 aromatic heterocycles. The Hall–Kier alpha value is -2.11. The number of halogens is 1. The summed E-state index contributed by atoms with van der Waals surface area (Å²) in [6, 6.07) is 11.3. The molecule has 0 saturated carbocycles. The van der Waals surface area contributed by atoms with E-state index >= 15 is 0 Å². The van der Waals surface area contributed by atoms with Gasteiger partial charge in [-0.1, -0.05) is 23.7 Å². The molecular formula is C14H12ClNO4. The minimum atomic E-state index is -0.516. The molecule has 0 aliphatic rings. The largest absolute Gasteiger partial charge is 0.482 e. The van der Waals surface area contributed by atoms with Gasteiger partial charge in [0.25, 0.3) is 0 Å². The van der Waals surface area contributed by atoms with Crippen LogP contribution in [0.15, 0.2) is 42.5 Å². The van der Waals surface area contributed by atoms with Crippen LogP contribution in [0.25, 0.3) is 0 Å². The summed E-state index contributed by atoms with van der Waals surface area (Å²) < 4.78 is 5.47. The summed E-state index contributed by atoms with van der Waals surface area (Å²) in [5, 5.41) is 20.6. The van der Waals surface area contributed by atoms with Gasteiger partial charge < -0.3 is 9.84 Å². The molecule has 0 atom stereocenters. The molecule has 0 heterocycles. The second-order valence-electron chi connectivity index (χ2n) is 4.13. The number of nitro groups is 1. The zero-order valence-electron chi connectivity index (χ0n) is 10.5. The second kappa shape index (κ2) is 6.36. The molecule has 20 heavy (non-hydrogen) atoms. The highest BCUT2D eigenvalue weighted by atomic mass is 35.5. The lowest BCUT2D eigenvalue weighted by Gasteiger charge is -2.08. The Morgan fingerprint density at radius 1 is 1.15 bits per heavy atom. The van der Waals surface area contributed by atoms with Crippen molar-refractivity contribution in [2.45, 2.75) is 13.2 Å². The Morgan fingerprint density at radius 2 is 1.80 bits per heavy atom. The van der Waals surface area contributed by atoms with Gasteiger partial charge in [0.2, 0.25) is 0 Å². The maximum absolute atomic E-state index is 10.9. The van der Waals surface area contributed by atoms with Crippen molar-refractivity contribution < 1.29 is 14.8 Å². The molecule has 0 unspecified atom stereocenters. The highest BCUT2D eigenvalue weighted by Crippen LogP contribution is 2.28. The molecule has 1 N–H and O–H groups in total. The average molecular weight is 294 g/mol. The van der Waals surface area contributed by atoms with E-state index < -0.39 is 4.92 Å². The van der Waals surface area contributed by atoms with Gasteiger partial charge in [0.05, 0.1) is 11.5 Å². The smallest absolute Gasteiger partial charge is 0.310 e. The van der Waals surface area contributed by atoms with Crippen LogP contribution in [0.2, 0.25) is 5.02 Å². The molecule has 2 aromatic rings. The lowest BCUT2D eigenvalue weighted by molar-refractivity contribution is -0.386. The van der Waals surface area contributed by atoms with E-state index in [1.165, 1.54) is 18.2 Å². The zero-order valence-corrected chi connectivity index (χ0v) is 11.2. The average Bonchev–Trinajstić information content (AvgIpc) is 2.46. The fourth-order valence-corrected chi connectivity index (χ4v) is 1.79. The van der Waals surface area contributed by atoms with Gasteiger partial charge in [-0.25, -0.2) is 0 Å². The van der Waals surface area contributed by atoms with Crippen LogP contribution >= 0.6 is 11.6 Å². The number of hydrogen-bond donors (Lipinski definition) is 1. The number of rotatable bonds is 5. The highest BCUT2D eigenvalue weighted by molar-refractivity contribution is 6.30. The van der Waals surface area contributed by atoms with Gasteiger partial charge in [0.1, 0.15) is 6.61 Å². The van der Waals surface area contributed by atoms with Crippen molar-refractivity contribution in [3.63, 3.8) is 0 Å². The van der Waals surface area contributed by atoms with E-state index in [4.69, 9.17) is 21.4 Å². The first-order valence-corrected chi connectivity index (χ1v) is 6.23. The van der Waals surface area contributed by atoms with Crippen LogP contribution in [0.4, 0.5) is 5.69 Å². The topological polar surface area (TPSA) is 72.6 Å². The van der Waals surface area contributed by atoms with Crippen molar-refractivity contribution in [1.82, 2.24) is 0 Å². The summed E-state index contributed by atoms with van der Waals surface area (Å²) in [7, 11) is 0. The van der Waals surface area contributed by atoms with Crippen LogP contribution in [0, 0.1) is 10.1 Å². The van der Waals surface area contributed by atoms with E-state index in [1.807, 2.05) is 0 Å². The van der Waals surface area contributed by atoms with Crippen molar-refractivity contribution in [3.8, 4) is 5.75 Å². The van der Waals surface area contributed by atoms with Crippen LogP contribution in [-0.4, -0.2) is 10.0 Å². The molecule has 0 saturated heterocycles. The zero-order chi connectivity index (χ0) is 14.5. The van der Waals surface area contributed by atoms with Crippen LogP contribution in [0.3, 0.4) is 0 Å². The van der Waals surface area contributed by atoms with Gasteiger partial charge in [0.15, 0.2) is 5.75 Å². The molecule has 6 heteroatoms. The molecular weight excluding hydrogens is 282 g/mol. The summed E-state index contributed by atoms with van der Waals surface area (Å²) >= 11 is 5.78. The van der Waals surface area contributed by atoms with E-state index in [2.05, 4.69) is 0 Å². The van der Waals surface area contributed by atoms with E-state index in [0.29, 0.717) is 10.6 Å². The summed E-state index contributed by atoms with van der Waals surface area (Å²) in [6.07, 6.45) is 0. The molecule has 0 spiro atoms. The summed E-state index contributed by atoms with van der Waals surface area (Å²) in [5.41, 5.74) is 1.27. The van der Waals surface area contributed by atoms with Crippen molar-refractivity contribution in [2.75, 3.05) is 0 Å². The Balaban J connectivity index is 2.18.